The minimum atomic E-state index is -0.788. The van der Waals surface area contributed by atoms with Gasteiger partial charge >= 0.3 is 5.97 Å². The molecule has 3 rings (SSSR count). The molecule has 1 aliphatic rings. The molecule has 29 heavy (non-hydrogen) atoms. The Kier molecular flexibility index (Phi) is 9.61. The maximum atomic E-state index is 11.1. The van der Waals surface area contributed by atoms with Gasteiger partial charge in [0.1, 0.15) is 0 Å². The van der Waals surface area contributed by atoms with Gasteiger partial charge in [-0.3, -0.25) is 4.79 Å². The van der Waals surface area contributed by atoms with E-state index in [-0.39, 0.29) is 43.0 Å². The summed E-state index contributed by atoms with van der Waals surface area (Å²) in [7, 11) is 0. The molecule has 0 aliphatic heterocycles. The lowest BCUT2D eigenvalue weighted by atomic mass is 9.80. The fourth-order valence-corrected chi connectivity index (χ4v) is 3.87. The van der Waals surface area contributed by atoms with Crippen LogP contribution >= 0.6 is 0 Å². The molecule has 6 heteroatoms. The van der Waals surface area contributed by atoms with E-state index in [1.807, 2.05) is 36.4 Å². The molecule has 0 bridgehead atoms. The first kappa shape index (κ1) is 23.4. The summed E-state index contributed by atoms with van der Waals surface area (Å²) < 4.78 is 12.5. The first-order valence-corrected chi connectivity index (χ1v) is 9.97. The second-order valence-electron chi connectivity index (χ2n) is 7.60. The van der Waals surface area contributed by atoms with Gasteiger partial charge in [-0.25, -0.2) is 0 Å². The van der Waals surface area contributed by atoms with E-state index in [1.54, 1.807) is 0 Å². The first-order valence-electron chi connectivity index (χ1n) is 9.97. The molecular weight excluding hydrogens is 390 g/mol. The van der Waals surface area contributed by atoms with E-state index < -0.39 is 5.97 Å². The van der Waals surface area contributed by atoms with E-state index in [2.05, 4.69) is 30.0 Å². The second kappa shape index (κ2) is 11.9. The summed E-state index contributed by atoms with van der Waals surface area (Å²) in [5.74, 6) is -0.544. The number of rotatable bonds is 9. The molecule has 5 nitrogen and oxygen atoms in total. The van der Waals surface area contributed by atoms with Crippen molar-refractivity contribution in [2.24, 2.45) is 5.92 Å². The van der Waals surface area contributed by atoms with Crippen LogP contribution in [0.5, 0.6) is 0 Å². The van der Waals surface area contributed by atoms with Crippen LogP contribution in [-0.4, -0.2) is 29.3 Å². The molecule has 2 aromatic rings. The van der Waals surface area contributed by atoms with Gasteiger partial charge in [0.15, 0.2) is 0 Å². The molecule has 4 N–H and O–H groups in total. The summed E-state index contributed by atoms with van der Waals surface area (Å²) in [5, 5.41) is 9.10. The van der Waals surface area contributed by atoms with Crippen LogP contribution < -0.4 is 18.1 Å². The number of ether oxygens (including phenoxy) is 2. The standard InChI is InChI=1S/C23H29NO4.ClH/c24-20(14-23(25)26)19-11-12-21(27-15-17-7-3-1-4-8-17)22(13-19)28-16-18-9-5-2-6-10-18;/h1-10,19-22H,11-16,24H2,(H,25,26);1H. The van der Waals surface area contributed by atoms with Gasteiger partial charge in [-0.2, -0.15) is 0 Å². The van der Waals surface area contributed by atoms with E-state index in [9.17, 15) is 4.79 Å². The minimum Gasteiger partial charge on any atom is -1.00 e. The van der Waals surface area contributed by atoms with E-state index in [1.165, 1.54) is 0 Å². The fourth-order valence-electron chi connectivity index (χ4n) is 3.87. The molecule has 4 unspecified atom stereocenters. The Morgan fingerprint density at radius 2 is 1.45 bits per heavy atom. The predicted octanol–water partition coefficient (Wildman–Crippen LogP) is 0.0465. The van der Waals surface area contributed by atoms with Crippen molar-refractivity contribution in [1.29, 1.82) is 0 Å². The van der Waals surface area contributed by atoms with Gasteiger partial charge in [0.25, 0.3) is 0 Å². The van der Waals surface area contributed by atoms with Gasteiger partial charge in [-0.15, -0.1) is 0 Å². The third-order valence-corrected chi connectivity index (χ3v) is 5.49. The van der Waals surface area contributed by atoms with Crippen LogP contribution in [0.25, 0.3) is 0 Å². The van der Waals surface area contributed by atoms with Gasteiger partial charge in [0.05, 0.1) is 37.9 Å². The zero-order chi connectivity index (χ0) is 19.8. The molecule has 1 fully saturated rings. The molecule has 0 saturated heterocycles. The molecule has 2 aromatic carbocycles. The van der Waals surface area contributed by atoms with Crippen LogP contribution in [0.2, 0.25) is 0 Å². The summed E-state index contributed by atoms with van der Waals surface area (Å²) in [6.45, 7) is 1.09. The highest BCUT2D eigenvalue weighted by Crippen LogP contribution is 2.32. The van der Waals surface area contributed by atoms with Crippen LogP contribution in [0.1, 0.15) is 36.8 Å². The Hall–Kier alpha value is -1.92. The summed E-state index contributed by atoms with van der Waals surface area (Å²) in [6, 6.07) is 20.1. The lowest BCUT2D eigenvalue weighted by Gasteiger charge is -2.36. The number of carboxylic acids is 1. The number of carboxylic acid groups (broad SMARTS) is 1. The third kappa shape index (κ3) is 7.44. The normalized spacial score (nSPS) is 22.4. The number of carbonyl (C=O) groups is 1. The lowest BCUT2D eigenvalue weighted by Crippen LogP contribution is -3.00. The molecule has 0 spiro atoms. The summed E-state index contributed by atoms with van der Waals surface area (Å²) in [5.41, 5.74) is 6.37. The highest BCUT2D eigenvalue weighted by atomic mass is 35.5. The van der Waals surface area contributed by atoms with E-state index >= 15 is 0 Å². The van der Waals surface area contributed by atoms with Gasteiger partial charge in [0, 0.05) is 5.92 Å². The van der Waals surface area contributed by atoms with Gasteiger partial charge in [-0.1, -0.05) is 60.7 Å². The molecule has 0 aromatic heterocycles. The summed E-state index contributed by atoms with van der Waals surface area (Å²) >= 11 is 0. The Labute approximate surface area is 178 Å². The van der Waals surface area contributed by atoms with Gasteiger partial charge < -0.3 is 32.7 Å². The monoisotopic (exact) mass is 419 g/mol. The van der Waals surface area contributed by atoms with Crippen molar-refractivity contribution in [2.45, 2.75) is 57.1 Å². The summed E-state index contributed by atoms with van der Waals surface area (Å²) in [6.07, 6.45) is 2.63. The van der Waals surface area contributed by atoms with Crippen LogP contribution in [-0.2, 0) is 27.5 Å². The molecule has 0 amide bonds. The van der Waals surface area contributed by atoms with Crippen LogP contribution in [0, 0.1) is 5.92 Å². The van der Waals surface area contributed by atoms with Crippen LogP contribution in [0.3, 0.4) is 0 Å². The maximum absolute atomic E-state index is 11.1. The average molecular weight is 420 g/mol. The van der Waals surface area contributed by atoms with Gasteiger partial charge in [-0.05, 0) is 30.4 Å². The van der Waals surface area contributed by atoms with E-state index in [0.29, 0.717) is 13.2 Å². The molecule has 158 valence electrons. The number of hydrogen-bond donors (Lipinski definition) is 2. The van der Waals surface area contributed by atoms with Crippen LogP contribution in [0.15, 0.2) is 60.7 Å². The van der Waals surface area contributed by atoms with Crippen molar-refractivity contribution in [3.8, 4) is 0 Å². The van der Waals surface area contributed by atoms with Crippen molar-refractivity contribution < 1.29 is 37.5 Å². The van der Waals surface area contributed by atoms with Crippen molar-refractivity contribution >= 4 is 5.97 Å². The largest absolute Gasteiger partial charge is 1.00 e. The highest BCUT2D eigenvalue weighted by molar-refractivity contribution is 5.67. The Morgan fingerprint density at radius 3 is 1.97 bits per heavy atom. The number of benzene rings is 2. The SMILES string of the molecule is [Cl-].[NH3+]C(CC(=O)O)C1CCC(OCc2ccccc2)C(OCc2ccccc2)C1. The quantitative estimate of drug-likeness (QED) is 0.601. The third-order valence-electron chi connectivity index (χ3n) is 5.49. The van der Waals surface area contributed by atoms with Crippen molar-refractivity contribution in [3.63, 3.8) is 0 Å². The molecule has 1 aliphatic carbocycles. The van der Waals surface area contributed by atoms with E-state index in [0.717, 1.165) is 30.4 Å². The predicted molar refractivity (Wildman–Crippen MR) is 106 cm³/mol. The molecule has 1 saturated carbocycles. The Balaban J connectivity index is 0.00000300. The summed E-state index contributed by atoms with van der Waals surface area (Å²) in [4.78, 5) is 11.1. The average Bonchev–Trinajstić information content (AvgIpc) is 2.72. The smallest absolute Gasteiger partial charge is 0.309 e. The first-order chi connectivity index (χ1) is 13.6. The Bertz CT molecular complexity index is 728. The Morgan fingerprint density at radius 1 is 0.931 bits per heavy atom. The number of quaternary nitrogens is 1. The zero-order valence-corrected chi connectivity index (χ0v) is 17.3. The molecule has 0 radical (unpaired) electrons. The molecule has 0 heterocycles. The second-order valence-corrected chi connectivity index (χ2v) is 7.60. The molecule has 4 atom stereocenters. The number of halogens is 1. The van der Waals surface area contributed by atoms with Gasteiger partial charge in [0.2, 0.25) is 0 Å². The zero-order valence-electron chi connectivity index (χ0n) is 16.6. The van der Waals surface area contributed by atoms with Crippen molar-refractivity contribution in [3.05, 3.63) is 71.8 Å². The topological polar surface area (TPSA) is 83.4 Å². The number of aliphatic carboxylic acids is 1. The van der Waals surface area contributed by atoms with E-state index in [4.69, 9.17) is 14.6 Å². The van der Waals surface area contributed by atoms with Crippen molar-refractivity contribution in [2.75, 3.05) is 0 Å². The highest BCUT2D eigenvalue weighted by Gasteiger charge is 2.36. The minimum absolute atomic E-state index is 0. The number of hydrogen-bond acceptors (Lipinski definition) is 3. The lowest BCUT2D eigenvalue weighted by molar-refractivity contribution is -0.435. The molecular formula is C23H30ClNO4. The fraction of sp³-hybridized carbons (Fsp3) is 0.435. The maximum Gasteiger partial charge on any atom is 0.309 e. The van der Waals surface area contributed by atoms with Crippen molar-refractivity contribution in [1.82, 2.24) is 0 Å². The van der Waals surface area contributed by atoms with Crippen LogP contribution in [0.4, 0.5) is 0 Å².